The molecule has 3 aromatic rings. The molecule has 0 bridgehead atoms. The second kappa shape index (κ2) is 10.2. The average molecular weight is 479 g/mol. The lowest BCUT2D eigenvalue weighted by atomic mass is 9.98. The summed E-state index contributed by atoms with van der Waals surface area (Å²) in [5.74, 6) is 0.758. The summed E-state index contributed by atoms with van der Waals surface area (Å²) in [6.45, 7) is 3.99. The molecule has 1 aliphatic heterocycles. The van der Waals surface area contributed by atoms with Gasteiger partial charge in [-0.3, -0.25) is 10.1 Å². The van der Waals surface area contributed by atoms with E-state index >= 15 is 0 Å². The molecule has 3 N–H and O–H groups in total. The van der Waals surface area contributed by atoms with E-state index in [1.165, 1.54) is 11.3 Å². The van der Waals surface area contributed by atoms with Gasteiger partial charge in [-0.15, -0.1) is 10.2 Å². The van der Waals surface area contributed by atoms with Crippen LogP contribution in [0.4, 0.5) is 15.6 Å². The Morgan fingerprint density at radius 3 is 2.76 bits per heavy atom. The largest absolute Gasteiger partial charge is 0.454 e. The highest BCUT2D eigenvalue weighted by atomic mass is 32.1. The van der Waals surface area contributed by atoms with Crippen LogP contribution in [0.25, 0.3) is 10.6 Å². The van der Waals surface area contributed by atoms with Crippen molar-refractivity contribution in [1.29, 1.82) is 5.26 Å². The maximum absolute atomic E-state index is 13.0. The molecular weight excluding hydrogens is 456 g/mol. The van der Waals surface area contributed by atoms with Gasteiger partial charge in [0.1, 0.15) is 11.0 Å². The van der Waals surface area contributed by atoms with Gasteiger partial charge in [0.05, 0.1) is 11.6 Å². The van der Waals surface area contributed by atoms with Gasteiger partial charge in [-0.2, -0.15) is 5.26 Å². The third-order valence-corrected chi connectivity index (χ3v) is 6.19. The lowest BCUT2D eigenvalue weighted by Gasteiger charge is -2.23. The van der Waals surface area contributed by atoms with Gasteiger partial charge in [-0.05, 0) is 42.3 Å². The molecule has 0 spiro atoms. The maximum atomic E-state index is 13.0. The molecule has 1 aromatic heterocycles. The highest BCUT2D eigenvalue weighted by Gasteiger charge is 2.27. The molecule has 0 radical (unpaired) electrons. The number of aromatic nitrogens is 2. The summed E-state index contributed by atoms with van der Waals surface area (Å²) in [6.07, 6.45) is 0.668. The summed E-state index contributed by atoms with van der Waals surface area (Å²) < 4.78 is 10.7. The zero-order chi connectivity index (χ0) is 24.1. The maximum Gasteiger partial charge on any atom is 0.319 e. The molecule has 3 amide bonds. The first kappa shape index (κ1) is 23.0. The minimum absolute atomic E-state index is 0.141. The number of amides is 3. The summed E-state index contributed by atoms with van der Waals surface area (Å²) in [6, 6.07) is 12.6. The van der Waals surface area contributed by atoms with Gasteiger partial charge in [0, 0.05) is 11.3 Å². The Hall–Kier alpha value is -4.17. The van der Waals surface area contributed by atoms with Gasteiger partial charge in [0.25, 0.3) is 0 Å². The number of nitrogens with zero attached hydrogens (tertiary/aromatic N) is 3. The zero-order valence-corrected chi connectivity index (χ0v) is 19.3. The summed E-state index contributed by atoms with van der Waals surface area (Å²) in [5, 5.41) is 26.3. The number of anilines is 2. The van der Waals surface area contributed by atoms with Crippen LogP contribution >= 0.6 is 11.3 Å². The first-order valence-corrected chi connectivity index (χ1v) is 11.4. The molecule has 11 heteroatoms. The van der Waals surface area contributed by atoms with E-state index in [1.807, 2.05) is 32.0 Å². The smallest absolute Gasteiger partial charge is 0.319 e. The second-order valence-electron chi connectivity index (χ2n) is 7.62. The summed E-state index contributed by atoms with van der Waals surface area (Å²) in [4.78, 5) is 25.6. The molecule has 0 saturated heterocycles. The number of carbonyl (C=O) groups is 2. The van der Waals surface area contributed by atoms with E-state index in [9.17, 15) is 9.59 Å². The van der Waals surface area contributed by atoms with E-state index in [-0.39, 0.29) is 12.7 Å². The number of ether oxygens (including phenoxy) is 2. The van der Waals surface area contributed by atoms with Crippen molar-refractivity contribution >= 4 is 34.1 Å². The molecular formula is C23H22N6O4S. The average Bonchev–Trinajstić information content (AvgIpc) is 3.51. The first-order chi connectivity index (χ1) is 16.5. The fourth-order valence-corrected chi connectivity index (χ4v) is 4.02. The molecule has 0 unspecified atom stereocenters. The molecule has 174 valence electrons. The van der Waals surface area contributed by atoms with Crippen LogP contribution in [0.5, 0.6) is 11.5 Å². The molecule has 2 heterocycles. The van der Waals surface area contributed by atoms with Crippen molar-refractivity contribution in [3.8, 4) is 28.1 Å². The van der Waals surface area contributed by atoms with E-state index in [2.05, 4.69) is 26.1 Å². The van der Waals surface area contributed by atoms with Crippen LogP contribution in [0.3, 0.4) is 0 Å². The SMILES string of the molecule is CC[C@@H](C)[C@@H](NC(=O)Nc1cccc(C#N)c1)C(=O)Nc1nnc(-c2ccc3c(c2)OCO3)s1. The number of carbonyl (C=O) groups excluding carboxylic acids is 2. The van der Waals surface area contributed by atoms with Crippen LogP contribution in [0.2, 0.25) is 0 Å². The topological polar surface area (TPSA) is 138 Å². The molecule has 0 saturated carbocycles. The Bertz CT molecular complexity index is 1250. The number of hydrogen-bond donors (Lipinski definition) is 3. The molecule has 34 heavy (non-hydrogen) atoms. The van der Waals surface area contributed by atoms with Gasteiger partial charge >= 0.3 is 6.03 Å². The molecule has 1 aliphatic rings. The Morgan fingerprint density at radius 2 is 1.97 bits per heavy atom. The minimum Gasteiger partial charge on any atom is -0.454 e. The van der Waals surface area contributed by atoms with Crippen molar-refractivity contribution in [2.24, 2.45) is 5.92 Å². The number of benzene rings is 2. The lowest BCUT2D eigenvalue weighted by molar-refractivity contribution is -0.119. The van der Waals surface area contributed by atoms with Gasteiger partial charge in [-0.1, -0.05) is 37.7 Å². The Balaban J connectivity index is 1.42. The van der Waals surface area contributed by atoms with Crippen LogP contribution < -0.4 is 25.4 Å². The van der Waals surface area contributed by atoms with Crippen LogP contribution in [0.1, 0.15) is 25.8 Å². The van der Waals surface area contributed by atoms with Gasteiger partial charge in [0.15, 0.2) is 11.5 Å². The molecule has 10 nitrogen and oxygen atoms in total. The van der Waals surface area contributed by atoms with Crippen molar-refractivity contribution in [3.63, 3.8) is 0 Å². The summed E-state index contributed by atoms with van der Waals surface area (Å²) in [7, 11) is 0. The van der Waals surface area contributed by atoms with E-state index in [0.717, 1.165) is 5.56 Å². The van der Waals surface area contributed by atoms with Crippen LogP contribution in [-0.2, 0) is 4.79 Å². The number of fused-ring (bicyclic) bond motifs is 1. The van der Waals surface area contributed by atoms with Crippen molar-refractivity contribution < 1.29 is 19.1 Å². The van der Waals surface area contributed by atoms with E-state index in [4.69, 9.17) is 14.7 Å². The fourth-order valence-electron chi connectivity index (χ4n) is 3.28. The molecule has 0 fully saturated rings. The third kappa shape index (κ3) is 5.24. The number of urea groups is 1. The second-order valence-corrected chi connectivity index (χ2v) is 8.60. The fraction of sp³-hybridized carbons (Fsp3) is 0.261. The highest BCUT2D eigenvalue weighted by Crippen LogP contribution is 2.37. The predicted molar refractivity (Wildman–Crippen MR) is 127 cm³/mol. The summed E-state index contributed by atoms with van der Waals surface area (Å²) in [5.41, 5.74) is 1.67. The summed E-state index contributed by atoms with van der Waals surface area (Å²) >= 11 is 1.21. The molecule has 2 atom stereocenters. The van der Waals surface area contributed by atoms with Crippen molar-refractivity contribution in [2.75, 3.05) is 17.4 Å². The Kier molecular flexibility index (Phi) is 6.89. The van der Waals surface area contributed by atoms with Crippen LogP contribution in [0, 0.1) is 17.2 Å². The Labute approximate surface area is 199 Å². The number of nitrogens with one attached hydrogen (secondary N) is 3. The van der Waals surface area contributed by atoms with E-state index < -0.39 is 18.0 Å². The van der Waals surface area contributed by atoms with Crippen molar-refractivity contribution in [3.05, 3.63) is 48.0 Å². The van der Waals surface area contributed by atoms with Crippen molar-refractivity contribution in [2.45, 2.75) is 26.3 Å². The van der Waals surface area contributed by atoms with Crippen LogP contribution in [-0.4, -0.2) is 35.0 Å². The van der Waals surface area contributed by atoms with Gasteiger partial charge < -0.3 is 20.1 Å². The zero-order valence-electron chi connectivity index (χ0n) is 18.5. The minimum atomic E-state index is -0.804. The van der Waals surface area contributed by atoms with Crippen molar-refractivity contribution in [1.82, 2.24) is 15.5 Å². The Morgan fingerprint density at radius 1 is 1.15 bits per heavy atom. The monoisotopic (exact) mass is 478 g/mol. The first-order valence-electron chi connectivity index (χ1n) is 10.6. The quantitative estimate of drug-likeness (QED) is 0.467. The number of hydrogen-bond acceptors (Lipinski definition) is 8. The van der Waals surface area contributed by atoms with Crippen LogP contribution in [0.15, 0.2) is 42.5 Å². The third-order valence-electron chi connectivity index (χ3n) is 5.31. The number of rotatable bonds is 7. The predicted octanol–water partition coefficient (Wildman–Crippen LogP) is 3.98. The lowest BCUT2D eigenvalue weighted by Crippen LogP contribution is -2.49. The van der Waals surface area contributed by atoms with E-state index in [0.29, 0.717) is 39.3 Å². The highest BCUT2D eigenvalue weighted by molar-refractivity contribution is 7.18. The number of nitriles is 1. The molecule has 0 aliphatic carbocycles. The standard InChI is InChI=1S/C23H22N6O4S/c1-3-13(2)19(26-22(31)25-16-6-4-5-14(9-16)11-24)20(30)27-23-29-28-21(34-23)15-7-8-17-18(10-15)33-12-32-17/h4-10,13,19H,3,12H2,1-2H3,(H2,25,26,31)(H,27,29,30)/t13-,19-/m1/s1. The van der Waals surface area contributed by atoms with E-state index in [1.54, 1.807) is 30.3 Å². The van der Waals surface area contributed by atoms with Gasteiger partial charge in [0.2, 0.25) is 17.8 Å². The van der Waals surface area contributed by atoms with Gasteiger partial charge in [-0.25, -0.2) is 4.79 Å². The molecule has 2 aromatic carbocycles. The molecule has 4 rings (SSSR count). The normalized spacial score (nSPS) is 13.4.